The van der Waals surface area contributed by atoms with Crippen molar-refractivity contribution in [1.82, 2.24) is 5.32 Å². The van der Waals surface area contributed by atoms with Gasteiger partial charge in [-0.15, -0.1) is 11.8 Å². The molecule has 0 aromatic heterocycles. The first-order valence-electron chi connectivity index (χ1n) is 6.53. The number of rotatable bonds is 5. The van der Waals surface area contributed by atoms with Crippen LogP contribution in [-0.2, 0) is 0 Å². The highest BCUT2D eigenvalue weighted by molar-refractivity contribution is 9.10. The molecule has 2 aromatic rings. The van der Waals surface area contributed by atoms with Crippen LogP contribution in [0.25, 0.3) is 0 Å². The van der Waals surface area contributed by atoms with E-state index in [1.54, 1.807) is 23.9 Å². The topological polar surface area (TPSA) is 12.0 Å². The molecule has 112 valence electrons. The van der Waals surface area contributed by atoms with Crippen molar-refractivity contribution in [3.05, 3.63) is 62.8 Å². The largest absolute Gasteiger partial charge is 0.312 e. The molecule has 1 nitrogen and oxygen atoms in total. The molecule has 2 aromatic carbocycles. The van der Waals surface area contributed by atoms with Gasteiger partial charge in [-0.1, -0.05) is 35.4 Å². The van der Waals surface area contributed by atoms with E-state index in [1.165, 1.54) is 10.5 Å². The Bertz CT molecular complexity index is 618. The molecule has 0 amide bonds. The van der Waals surface area contributed by atoms with Gasteiger partial charge in [0.05, 0.1) is 5.02 Å². The third-order valence-electron chi connectivity index (χ3n) is 3.23. The molecule has 0 saturated heterocycles. The fraction of sp³-hybridized carbons (Fsp3) is 0.250. The van der Waals surface area contributed by atoms with Gasteiger partial charge in [-0.3, -0.25) is 0 Å². The number of thioether (sulfide) groups is 1. The van der Waals surface area contributed by atoms with Crippen molar-refractivity contribution in [3.8, 4) is 0 Å². The maximum Gasteiger partial charge on any atom is 0.147 e. The summed E-state index contributed by atoms with van der Waals surface area (Å²) in [5.41, 5.74) is 1.82. The molecule has 0 aliphatic carbocycles. The zero-order valence-electron chi connectivity index (χ0n) is 11.8. The number of hydrogen-bond donors (Lipinski definition) is 1. The summed E-state index contributed by atoms with van der Waals surface area (Å²) in [6, 6.07) is 11.8. The zero-order valence-corrected chi connectivity index (χ0v) is 14.9. The van der Waals surface area contributed by atoms with Gasteiger partial charge in [-0.25, -0.2) is 4.39 Å². The normalized spacial score (nSPS) is 12.4. The van der Waals surface area contributed by atoms with Crippen LogP contribution in [0.5, 0.6) is 0 Å². The van der Waals surface area contributed by atoms with Gasteiger partial charge >= 0.3 is 0 Å². The lowest BCUT2D eigenvalue weighted by atomic mass is 10.1. The summed E-state index contributed by atoms with van der Waals surface area (Å²) >= 11 is 10.9. The molecule has 0 spiro atoms. The van der Waals surface area contributed by atoms with Crippen molar-refractivity contribution in [3.63, 3.8) is 0 Å². The highest BCUT2D eigenvalue weighted by Crippen LogP contribution is 2.32. The van der Waals surface area contributed by atoms with E-state index in [1.807, 2.05) is 7.05 Å². The van der Waals surface area contributed by atoms with Crippen molar-refractivity contribution >= 4 is 39.3 Å². The Hall–Kier alpha value is -0.550. The summed E-state index contributed by atoms with van der Waals surface area (Å²) in [6.45, 7) is 2.06. The van der Waals surface area contributed by atoms with Crippen LogP contribution in [0.15, 0.2) is 45.8 Å². The van der Waals surface area contributed by atoms with Crippen LogP contribution in [-0.4, -0.2) is 12.8 Å². The van der Waals surface area contributed by atoms with Crippen molar-refractivity contribution < 1.29 is 4.39 Å². The molecule has 1 N–H and O–H groups in total. The number of aryl methyl sites for hydroxylation is 1. The van der Waals surface area contributed by atoms with Crippen LogP contribution in [0.2, 0.25) is 5.02 Å². The summed E-state index contributed by atoms with van der Waals surface area (Å²) in [6.07, 6.45) is 0. The molecule has 21 heavy (non-hydrogen) atoms. The molecular weight excluding hydrogens is 373 g/mol. The standard InChI is InChI=1S/C16H16BrClFNS/c1-10-3-5-11(6-4-10)21-9-14(20-2)12-7-8-13(17)15(18)16(12)19/h3-8,14,20H,9H2,1-2H3. The van der Waals surface area contributed by atoms with E-state index < -0.39 is 0 Å². The lowest BCUT2D eigenvalue weighted by molar-refractivity contribution is 0.565. The van der Waals surface area contributed by atoms with Gasteiger partial charge in [0, 0.05) is 26.7 Å². The summed E-state index contributed by atoms with van der Waals surface area (Å²) in [7, 11) is 1.83. The van der Waals surface area contributed by atoms with E-state index in [4.69, 9.17) is 11.6 Å². The van der Waals surface area contributed by atoms with Crippen LogP contribution in [0.1, 0.15) is 17.2 Å². The molecule has 0 heterocycles. The molecule has 0 radical (unpaired) electrons. The Morgan fingerprint density at radius 3 is 2.52 bits per heavy atom. The average Bonchev–Trinajstić information content (AvgIpc) is 2.49. The van der Waals surface area contributed by atoms with Crippen LogP contribution in [0.3, 0.4) is 0 Å². The van der Waals surface area contributed by atoms with E-state index in [-0.39, 0.29) is 16.9 Å². The highest BCUT2D eigenvalue weighted by atomic mass is 79.9. The van der Waals surface area contributed by atoms with Gasteiger partial charge < -0.3 is 5.32 Å². The van der Waals surface area contributed by atoms with Gasteiger partial charge in [0.25, 0.3) is 0 Å². The van der Waals surface area contributed by atoms with E-state index in [0.29, 0.717) is 10.0 Å². The zero-order chi connectivity index (χ0) is 15.4. The van der Waals surface area contributed by atoms with Crippen LogP contribution in [0.4, 0.5) is 4.39 Å². The maximum absolute atomic E-state index is 14.3. The smallest absolute Gasteiger partial charge is 0.147 e. The molecule has 0 saturated carbocycles. The molecule has 1 atom stereocenters. The molecule has 5 heteroatoms. The molecule has 1 unspecified atom stereocenters. The van der Waals surface area contributed by atoms with Crippen molar-refractivity contribution in [2.45, 2.75) is 17.9 Å². The summed E-state index contributed by atoms with van der Waals surface area (Å²) in [5, 5.41) is 3.29. The minimum atomic E-state index is -0.366. The first-order chi connectivity index (χ1) is 10.0. The Morgan fingerprint density at radius 2 is 1.90 bits per heavy atom. The van der Waals surface area contributed by atoms with E-state index in [0.717, 1.165) is 5.75 Å². The van der Waals surface area contributed by atoms with Crippen molar-refractivity contribution in [2.24, 2.45) is 0 Å². The van der Waals surface area contributed by atoms with E-state index in [2.05, 4.69) is 52.4 Å². The minimum Gasteiger partial charge on any atom is -0.312 e. The molecular formula is C16H16BrClFNS. The van der Waals surface area contributed by atoms with Crippen LogP contribution < -0.4 is 5.32 Å². The lowest BCUT2D eigenvalue weighted by Crippen LogP contribution is -2.20. The first-order valence-corrected chi connectivity index (χ1v) is 8.68. The van der Waals surface area contributed by atoms with E-state index >= 15 is 0 Å². The maximum atomic E-state index is 14.3. The molecule has 0 bridgehead atoms. The van der Waals surface area contributed by atoms with Crippen LogP contribution >= 0.6 is 39.3 Å². The second-order valence-electron chi connectivity index (χ2n) is 4.73. The second-order valence-corrected chi connectivity index (χ2v) is 7.06. The average molecular weight is 389 g/mol. The predicted molar refractivity (Wildman–Crippen MR) is 92.8 cm³/mol. The third kappa shape index (κ3) is 4.22. The van der Waals surface area contributed by atoms with Crippen molar-refractivity contribution in [2.75, 3.05) is 12.8 Å². The lowest BCUT2D eigenvalue weighted by Gasteiger charge is -2.18. The summed E-state index contributed by atoms with van der Waals surface area (Å²) < 4.78 is 14.8. The highest BCUT2D eigenvalue weighted by Gasteiger charge is 2.18. The van der Waals surface area contributed by atoms with Gasteiger partial charge in [0.1, 0.15) is 5.82 Å². The molecule has 2 rings (SSSR count). The van der Waals surface area contributed by atoms with Gasteiger partial charge in [0.2, 0.25) is 0 Å². The monoisotopic (exact) mass is 387 g/mol. The fourth-order valence-corrected chi connectivity index (χ4v) is 3.46. The van der Waals surface area contributed by atoms with Gasteiger partial charge in [-0.2, -0.15) is 0 Å². The first kappa shape index (κ1) is 16.8. The third-order valence-corrected chi connectivity index (χ3v) is 5.59. The Labute approximate surface area is 142 Å². The minimum absolute atomic E-state index is 0.0955. The number of hydrogen-bond acceptors (Lipinski definition) is 2. The van der Waals surface area contributed by atoms with Gasteiger partial charge in [-0.05, 0) is 48.1 Å². The number of halogens is 3. The predicted octanol–water partition coefficient (Wildman–Crippen LogP) is 5.60. The number of nitrogens with one attached hydrogen (secondary N) is 1. The molecule has 0 fully saturated rings. The quantitative estimate of drug-likeness (QED) is 0.528. The fourth-order valence-electron chi connectivity index (χ4n) is 1.95. The number of benzene rings is 2. The van der Waals surface area contributed by atoms with Gasteiger partial charge in [0.15, 0.2) is 0 Å². The van der Waals surface area contributed by atoms with Crippen LogP contribution in [0, 0.1) is 12.7 Å². The Morgan fingerprint density at radius 1 is 1.24 bits per heavy atom. The SMILES string of the molecule is CNC(CSc1ccc(C)cc1)c1ccc(Br)c(Cl)c1F. The molecule has 0 aliphatic rings. The van der Waals surface area contributed by atoms with Crippen molar-refractivity contribution in [1.29, 1.82) is 0 Å². The Balaban J connectivity index is 2.13. The molecule has 0 aliphatic heterocycles. The second kappa shape index (κ2) is 7.63. The Kier molecular flexibility index (Phi) is 6.11. The summed E-state index contributed by atoms with van der Waals surface area (Å²) in [4.78, 5) is 1.17. The summed E-state index contributed by atoms with van der Waals surface area (Å²) in [5.74, 6) is 0.365. The van der Waals surface area contributed by atoms with E-state index in [9.17, 15) is 4.39 Å².